The van der Waals surface area contributed by atoms with Crippen LogP contribution in [0.2, 0.25) is 0 Å². The average molecular weight is 259 g/mol. The molecule has 17 heavy (non-hydrogen) atoms. The van der Waals surface area contributed by atoms with E-state index >= 15 is 0 Å². The van der Waals surface area contributed by atoms with Crippen LogP contribution in [0.3, 0.4) is 0 Å². The van der Waals surface area contributed by atoms with Crippen LogP contribution in [0.15, 0.2) is 0 Å². The summed E-state index contributed by atoms with van der Waals surface area (Å²) in [4.78, 5) is 0. The van der Waals surface area contributed by atoms with Crippen molar-refractivity contribution in [3.05, 3.63) is 0 Å². The molecule has 1 aliphatic carbocycles. The van der Waals surface area contributed by atoms with Crippen LogP contribution < -0.4 is 5.32 Å². The first-order valence-electron chi connectivity index (χ1n) is 6.70. The maximum absolute atomic E-state index is 12.4. The second-order valence-corrected chi connectivity index (χ2v) is 7.71. The zero-order valence-corrected chi connectivity index (χ0v) is 12.0. The standard InChI is InChI=1S/C13H25NO2S/c1-13(2)7-6-11(12(13)14-3)17(15)9-10-5-4-8-16-10/h10-12,14H,4-9H2,1-3H3. The van der Waals surface area contributed by atoms with E-state index in [1.54, 1.807) is 0 Å². The lowest BCUT2D eigenvalue weighted by molar-refractivity contribution is 0.128. The number of nitrogens with one attached hydrogen (secondary N) is 1. The summed E-state index contributed by atoms with van der Waals surface area (Å²) >= 11 is 0. The molecule has 100 valence electrons. The van der Waals surface area contributed by atoms with Crippen molar-refractivity contribution in [1.82, 2.24) is 5.32 Å². The van der Waals surface area contributed by atoms with Gasteiger partial charge in [-0.3, -0.25) is 4.21 Å². The fourth-order valence-corrected chi connectivity index (χ4v) is 5.35. The van der Waals surface area contributed by atoms with E-state index in [1.165, 1.54) is 6.42 Å². The van der Waals surface area contributed by atoms with E-state index in [4.69, 9.17) is 4.74 Å². The Labute approximate surface area is 107 Å². The molecule has 0 radical (unpaired) electrons. The van der Waals surface area contributed by atoms with E-state index in [9.17, 15) is 4.21 Å². The predicted octanol–water partition coefficient (Wildman–Crippen LogP) is 1.69. The lowest BCUT2D eigenvalue weighted by atomic mass is 9.87. The van der Waals surface area contributed by atoms with Crippen LogP contribution in [0.4, 0.5) is 0 Å². The van der Waals surface area contributed by atoms with Crippen LogP contribution in [-0.4, -0.2) is 41.0 Å². The molecule has 2 fully saturated rings. The van der Waals surface area contributed by atoms with Crippen molar-refractivity contribution in [2.24, 2.45) is 5.41 Å². The first-order valence-corrected chi connectivity index (χ1v) is 8.09. The van der Waals surface area contributed by atoms with Gasteiger partial charge < -0.3 is 10.1 Å². The average Bonchev–Trinajstić information content (AvgIpc) is 2.85. The molecule has 4 atom stereocenters. The van der Waals surface area contributed by atoms with Crippen LogP contribution in [-0.2, 0) is 15.5 Å². The third-order valence-corrected chi connectivity index (χ3v) is 6.19. The fraction of sp³-hybridized carbons (Fsp3) is 1.00. The highest BCUT2D eigenvalue weighted by Crippen LogP contribution is 2.40. The molecule has 1 saturated carbocycles. The number of hydrogen-bond acceptors (Lipinski definition) is 3. The van der Waals surface area contributed by atoms with Gasteiger partial charge in [0.2, 0.25) is 0 Å². The predicted molar refractivity (Wildman–Crippen MR) is 71.6 cm³/mol. The van der Waals surface area contributed by atoms with Crippen LogP contribution >= 0.6 is 0 Å². The molecule has 0 bridgehead atoms. The molecular weight excluding hydrogens is 234 g/mol. The van der Waals surface area contributed by atoms with Crippen molar-refractivity contribution in [2.75, 3.05) is 19.4 Å². The highest BCUT2D eigenvalue weighted by atomic mass is 32.2. The van der Waals surface area contributed by atoms with Gasteiger partial charge in [-0.15, -0.1) is 0 Å². The van der Waals surface area contributed by atoms with Crippen LogP contribution in [0, 0.1) is 5.41 Å². The molecule has 0 aromatic heterocycles. The minimum absolute atomic E-state index is 0.247. The summed E-state index contributed by atoms with van der Waals surface area (Å²) in [6, 6.07) is 0.379. The number of hydrogen-bond donors (Lipinski definition) is 1. The Bertz CT molecular complexity index is 287. The van der Waals surface area contributed by atoms with Gasteiger partial charge in [-0.05, 0) is 38.1 Å². The van der Waals surface area contributed by atoms with E-state index in [1.807, 2.05) is 7.05 Å². The lowest BCUT2D eigenvalue weighted by Gasteiger charge is -2.30. The summed E-state index contributed by atoms with van der Waals surface area (Å²) < 4.78 is 18.0. The van der Waals surface area contributed by atoms with Crippen LogP contribution in [0.25, 0.3) is 0 Å². The molecule has 1 heterocycles. The quantitative estimate of drug-likeness (QED) is 0.835. The molecule has 1 aliphatic heterocycles. The van der Waals surface area contributed by atoms with Gasteiger partial charge in [0.15, 0.2) is 0 Å². The summed E-state index contributed by atoms with van der Waals surface area (Å²) in [6.07, 6.45) is 4.72. The topological polar surface area (TPSA) is 38.3 Å². The second kappa shape index (κ2) is 5.37. The Balaban J connectivity index is 1.94. The first-order chi connectivity index (χ1) is 8.04. The molecule has 0 amide bonds. The monoisotopic (exact) mass is 259 g/mol. The highest BCUT2D eigenvalue weighted by molar-refractivity contribution is 7.85. The van der Waals surface area contributed by atoms with Gasteiger partial charge in [0.1, 0.15) is 0 Å². The van der Waals surface area contributed by atoms with E-state index in [-0.39, 0.29) is 11.5 Å². The molecule has 2 aliphatic rings. The smallest absolute Gasteiger partial charge is 0.0691 e. The summed E-state index contributed by atoms with van der Waals surface area (Å²) in [6.45, 7) is 5.41. The molecule has 1 N–H and O–H groups in total. The Morgan fingerprint density at radius 3 is 2.76 bits per heavy atom. The van der Waals surface area contributed by atoms with Gasteiger partial charge in [0.25, 0.3) is 0 Å². The van der Waals surface area contributed by atoms with Gasteiger partial charge in [0.05, 0.1) is 17.1 Å². The summed E-state index contributed by atoms with van der Waals surface area (Å²) in [7, 11) is 1.24. The van der Waals surface area contributed by atoms with Crippen LogP contribution in [0.1, 0.15) is 39.5 Å². The SMILES string of the molecule is CNC1C(S(=O)CC2CCCO2)CCC1(C)C. The van der Waals surface area contributed by atoms with Crippen molar-refractivity contribution >= 4 is 10.8 Å². The molecule has 3 nitrogen and oxygen atoms in total. The first kappa shape index (κ1) is 13.5. The molecule has 0 spiro atoms. The molecule has 1 saturated heterocycles. The molecular formula is C13H25NO2S. The maximum Gasteiger partial charge on any atom is 0.0691 e. The lowest BCUT2D eigenvalue weighted by Crippen LogP contribution is -2.45. The molecule has 4 unspecified atom stereocenters. The zero-order valence-electron chi connectivity index (χ0n) is 11.2. The molecule has 0 aromatic carbocycles. The molecule has 4 heteroatoms. The van der Waals surface area contributed by atoms with Gasteiger partial charge in [0, 0.05) is 23.4 Å². The van der Waals surface area contributed by atoms with E-state index in [0.29, 0.717) is 11.3 Å². The maximum atomic E-state index is 12.4. The second-order valence-electron chi connectivity index (χ2n) is 6.01. The Morgan fingerprint density at radius 1 is 1.41 bits per heavy atom. The van der Waals surface area contributed by atoms with Crippen molar-refractivity contribution in [1.29, 1.82) is 0 Å². The van der Waals surface area contributed by atoms with Crippen molar-refractivity contribution in [3.8, 4) is 0 Å². The van der Waals surface area contributed by atoms with E-state index in [0.717, 1.165) is 31.6 Å². The third-order valence-electron chi connectivity index (χ3n) is 4.31. The van der Waals surface area contributed by atoms with Gasteiger partial charge in [-0.1, -0.05) is 13.8 Å². The summed E-state index contributed by atoms with van der Waals surface area (Å²) in [5.74, 6) is 0.735. The zero-order chi connectivity index (χ0) is 12.5. The third kappa shape index (κ3) is 2.91. The minimum Gasteiger partial charge on any atom is -0.377 e. The summed E-state index contributed by atoms with van der Waals surface area (Å²) in [5.41, 5.74) is 0.269. The highest BCUT2D eigenvalue weighted by Gasteiger charge is 2.44. The normalized spacial score (nSPS) is 38.4. The fourth-order valence-electron chi connectivity index (χ4n) is 3.28. The van der Waals surface area contributed by atoms with E-state index < -0.39 is 10.8 Å². The van der Waals surface area contributed by atoms with Crippen molar-refractivity contribution in [3.63, 3.8) is 0 Å². The molecule has 2 rings (SSSR count). The Hall–Kier alpha value is 0.0700. The Morgan fingerprint density at radius 2 is 2.18 bits per heavy atom. The summed E-state index contributed by atoms with van der Waals surface area (Å²) in [5, 5.41) is 3.68. The number of rotatable bonds is 4. The van der Waals surface area contributed by atoms with Gasteiger partial charge in [-0.2, -0.15) is 0 Å². The van der Waals surface area contributed by atoms with Crippen molar-refractivity contribution in [2.45, 2.75) is 56.9 Å². The van der Waals surface area contributed by atoms with Gasteiger partial charge in [-0.25, -0.2) is 0 Å². The largest absolute Gasteiger partial charge is 0.377 e. The number of ether oxygens (including phenoxy) is 1. The minimum atomic E-state index is -0.749. The van der Waals surface area contributed by atoms with Gasteiger partial charge >= 0.3 is 0 Å². The van der Waals surface area contributed by atoms with E-state index in [2.05, 4.69) is 19.2 Å². The van der Waals surface area contributed by atoms with Crippen molar-refractivity contribution < 1.29 is 8.95 Å². The Kier molecular flexibility index (Phi) is 4.26. The molecule has 0 aromatic rings. The van der Waals surface area contributed by atoms with Crippen LogP contribution in [0.5, 0.6) is 0 Å².